The Balaban J connectivity index is 1.88. The third kappa shape index (κ3) is 0.588. The van der Waals surface area contributed by atoms with Crippen LogP contribution < -0.4 is 0 Å². The third-order valence-corrected chi connectivity index (χ3v) is 4.99. The van der Waals surface area contributed by atoms with E-state index in [1.165, 1.54) is 5.92 Å². The second kappa shape index (κ2) is 1.53. The topological polar surface area (TPSA) is 0 Å². The Bertz CT molecular complexity index is 200. The van der Waals surface area contributed by atoms with Crippen molar-refractivity contribution in [1.29, 1.82) is 0 Å². The van der Waals surface area contributed by atoms with Gasteiger partial charge in [-0.1, -0.05) is 13.8 Å². The normalized spacial score (nSPS) is 49.9. The number of rotatable bonds is 1. The molecule has 62 valence electrons. The molecule has 2 atom stereocenters. The molecule has 0 heterocycles. The molecule has 0 amide bonds. The van der Waals surface area contributed by atoms with Crippen LogP contribution in [0.4, 0.5) is 0 Å². The minimum Gasteiger partial charge on any atom is -0.0622 e. The van der Waals surface area contributed by atoms with E-state index in [1.807, 2.05) is 0 Å². The van der Waals surface area contributed by atoms with Gasteiger partial charge in [0.05, 0.1) is 0 Å². The Kier molecular flexibility index (Phi) is 0.906. The summed E-state index contributed by atoms with van der Waals surface area (Å²) in [7, 11) is 0. The summed E-state index contributed by atoms with van der Waals surface area (Å²) in [5.41, 5.74) is 1.78. The van der Waals surface area contributed by atoms with Crippen LogP contribution in [0.5, 0.6) is 0 Å². The van der Waals surface area contributed by atoms with Gasteiger partial charge in [-0.15, -0.1) is 0 Å². The van der Waals surface area contributed by atoms with Crippen molar-refractivity contribution in [3.63, 3.8) is 0 Å². The number of hydrogen-bond acceptors (Lipinski definition) is 0. The van der Waals surface area contributed by atoms with Gasteiger partial charge in [0.25, 0.3) is 0 Å². The van der Waals surface area contributed by atoms with Crippen LogP contribution in [-0.4, -0.2) is 0 Å². The Morgan fingerprint density at radius 3 is 2.00 bits per heavy atom. The molecule has 0 aliphatic heterocycles. The fourth-order valence-corrected chi connectivity index (χ4v) is 3.77. The SMILES string of the molecule is CC(C)C12CCC3(CC3)C1C2. The Morgan fingerprint density at radius 1 is 1.09 bits per heavy atom. The summed E-state index contributed by atoms with van der Waals surface area (Å²) in [5, 5.41) is 0. The lowest BCUT2D eigenvalue weighted by molar-refractivity contribution is 0.340. The molecule has 0 heteroatoms. The van der Waals surface area contributed by atoms with Crippen LogP contribution in [0.3, 0.4) is 0 Å². The van der Waals surface area contributed by atoms with Crippen molar-refractivity contribution in [1.82, 2.24) is 0 Å². The van der Waals surface area contributed by atoms with E-state index in [-0.39, 0.29) is 0 Å². The Hall–Kier alpha value is 0. The lowest BCUT2D eigenvalue weighted by atomic mass is 9.90. The lowest BCUT2D eigenvalue weighted by Gasteiger charge is -2.15. The highest BCUT2D eigenvalue weighted by atomic mass is 14.8. The summed E-state index contributed by atoms with van der Waals surface area (Å²) in [6.07, 6.45) is 7.88. The van der Waals surface area contributed by atoms with E-state index in [0.717, 1.165) is 16.7 Å². The van der Waals surface area contributed by atoms with Crippen LogP contribution >= 0.6 is 0 Å². The van der Waals surface area contributed by atoms with E-state index in [0.29, 0.717) is 0 Å². The maximum absolute atomic E-state index is 2.43. The first-order valence-electron chi connectivity index (χ1n) is 5.20. The maximum Gasteiger partial charge on any atom is -0.0237 e. The van der Waals surface area contributed by atoms with Crippen molar-refractivity contribution in [2.45, 2.75) is 46.0 Å². The van der Waals surface area contributed by atoms with Crippen molar-refractivity contribution < 1.29 is 0 Å². The fraction of sp³-hybridized carbons (Fsp3) is 1.00. The molecule has 0 bridgehead atoms. The monoisotopic (exact) mass is 150 g/mol. The number of hydrogen-bond donors (Lipinski definition) is 0. The van der Waals surface area contributed by atoms with Gasteiger partial charge >= 0.3 is 0 Å². The molecular weight excluding hydrogens is 132 g/mol. The van der Waals surface area contributed by atoms with Gasteiger partial charge in [0, 0.05) is 0 Å². The minimum absolute atomic E-state index is 0.858. The van der Waals surface area contributed by atoms with Gasteiger partial charge in [-0.05, 0) is 54.8 Å². The molecule has 0 nitrogen and oxygen atoms in total. The highest BCUT2D eigenvalue weighted by molar-refractivity contribution is 5.21. The van der Waals surface area contributed by atoms with Crippen LogP contribution in [0.2, 0.25) is 0 Å². The van der Waals surface area contributed by atoms with Gasteiger partial charge in [0.2, 0.25) is 0 Å². The van der Waals surface area contributed by atoms with Crippen molar-refractivity contribution in [3.8, 4) is 0 Å². The van der Waals surface area contributed by atoms with Crippen LogP contribution in [-0.2, 0) is 0 Å². The smallest absolute Gasteiger partial charge is 0.0237 e. The molecule has 0 N–H and O–H groups in total. The molecule has 0 saturated heterocycles. The van der Waals surface area contributed by atoms with E-state index in [4.69, 9.17) is 0 Å². The molecule has 0 aromatic rings. The maximum atomic E-state index is 2.43. The van der Waals surface area contributed by atoms with Gasteiger partial charge < -0.3 is 0 Å². The first kappa shape index (κ1) is 6.51. The summed E-state index contributed by atoms with van der Waals surface area (Å²) < 4.78 is 0. The zero-order chi connectivity index (χ0) is 7.69. The van der Waals surface area contributed by atoms with Crippen LogP contribution in [0.1, 0.15) is 46.0 Å². The molecule has 0 aromatic carbocycles. The first-order chi connectivity index (χ1) is 5.20. The Morgan fingerprint density at radius 2 is 1.73 bits per heavy atom. The molecule has 3 aliphatic rings. The van der Waals surface area contributed by atoms with E-state index in [9.17, 15) is 0 Å². The fourth-order valence-electron chi connectivity index (χ4n) is 3.77. The second-order valence-electron chi connectivity index (χ2n) is 5.51. The average Bonchev–Trinajstić information content (AvgIpc) is 2.71. The highest BCUT2D eigenvalue weighted by Crippen LogP contribution is 2.81. The molecule has 3 saturated carbocycles. The molecule has 2 unspecified atom stereocenters. The lowest BCUT2D eigenvalue weighted by Crippen LogP contribution is -2.08. The third-order valence-electron chi connectivity index (χ3n) is 4.99. The standard InChI is InChI=1S/C11H18/c1-8(2)11-6-5-10(3-4-10)9(11)7-11/h8-9H,3-7H2,1-2H3. The van der Waals surface area contributed by atoms with Gasteiger partial charge in [0.1, 0.15) is 0 Å². The van der Waals surface area contributed by atoms with Gasteiger partial charge in [-0.25, -0.2) is 0 Å². The zero-order valence-corrected chi connectivity index (χ0v) is 7.69. The van der Waals surface area contributed by atoms with Crippen LogP contribution in [0.25, 0.3) is 0 Å². The van der Waals surface area contributed by atoms with E-state index in [2.05, 4.69) is 13.8 Å². The summed E-state index contributed by atoms with van der Waals surface area (Å²) in [5.74, 6) is 2.14. The van der Waals surface area contributed by atoms with Gasteiger partial charge in [-0.3, -0.25) is 0 Å². The van der Waals surface area contributed by atoms with Crippen molar-refractivity contribution >= 4 is 0 Å². The molecule has 3 rings (SSSR count). The predicted octanol–water partition coefficient (Wildman–Crippen LogP) is 3.22. The molecule has 0 radical (unpaired) electrons. The highest BCUT2D eigenvalue weighted by Gasteiger charge is 2.72. The summed E-state index contributed by atoms with van der Waals surface area (Å²) in [4.78, 5) is 0. The molecular formula is C11H18. The summed E-state index contributed by atoms with van der Waals surface area (Å²) in [6, 6.07) is 0. The van der Waals surface area contributed by atoms with Gasteiger partial charge in [-0.2, -0.15) is 0 Å². The van der Waals surface area contributed by atoms with Crippen molar-refractivity contribution in [2.24, 2.45) is 22.7 Å². The average molecular weight is 150 g/mol. The predicted molar refractivity (Wildman–Crippen MR) is 46.3 cm³/mol. The molecule has 11 heavy (non-hydrogen) atoms. The van der Waals surface area contributed by atoms with E-state index < -0.39 is 0 Å². The zero-order valence-electron chi connectivity index (χ0n) is 7.69. The Labute approximate surface area is 69.4 Å². The summed E-state index contributed by atoms with van der Waals surface area (Å²) >= 11 is 0. The van der Waals surface area contributed by atoms with Crippen LogP contribution in [0, 0.1) is 22.7 Å². The quantitative estimate of drug-likeness (QED) is 0.538. The molecule has 0 aromatic heterocycles. The minimum atomic E-state index is 0.858. The van der Waals surface area contributed by atoms with Gasteiger partial charge in [0.15, 0.2) is 0 Å². The second-order valence-corrected chi connectivity index (χ2v) is 5.51. The summed E-state index contributed by atoms with van der Waals surface area (Å²) in [6.45, 7) is 4.86. The van der Waals surface area contributed by atoms with Crippen molar-refractivity contribution in [3.05, 3.63) is 0 Å². The molecule has 3 aliphatic carbocycles. The van der Waals surface area contributed by atoms with E-state index in [1.54, 1.807) is 32.1 Å². The number of fused-ring (bicyclic) bond motifs is 2. The molecule has 1 spiro atoms. The van der Waals surface area contributed by atoms with Crippen LogP contribution in [0.15, 0.2) is 0 Å². The largest absolute Gasteiger partial charge is 0.0622 e. The van der Waals surface area contributed by atoms with Crippen molar-refractivity contribution in [2.75, 3.05) is 0 Å². The van der Waals surface area contributed by atoms with E-state index >= 15 is 0 Å². The first-order valence-corrected chi connectivity index (χ1v) is 5.20. The molecule has 3 fully saturated rings.